The molecule has 2 unspecified atom stereocenters. The molecule has 3 nitrogen and oxygen atoms in total. The minimum atomic E-state index is -0.750. The highest BCUT2D eigenvalue weighted by molar-refractivity contribution is 5.67. The molecule has 1 aliphatic rings. The highest BCUT2D eigenvalue weighted by Gasteiger charge is 2.29. The van der Waals surface area contributed by atoms with Gasteiger partial charge in [0, 0.05) is 6.42 Å². The zero-order chi connectivity index (χ0) is 11.5. The van der Waals surface area contributed by atoms with Gasteiger partial charge in [0.25, 0.3) is 0 Å². The number of nitrogens with two attached hydrogens (primary N) is 1. The average Bonchev–Trinajstić information content (AvgIpc) is 2.69. The highest BCUT2D eigenvalue weighted by atomic mass is 16.4. The van der Waals surface area contributed by atoms with Gasteiger partial charge in [-0.3, -0.25) is 4.79 Å². The van der Waals surface area contributed by atoms with Crippen molar-refractivity contribution in [2.24, 2.45) is 11.7 Å². The number of carbonyl (C=O) groups is 1. The summed E-state index contributed by atoms with van der Waals surface area (Å²) in [6.07, 6.45) is 2.26. The number of hydrogen-bond acceptors (Lipinski definition) is 2. The third-order valence-electron chi connectivity index (χ3n) is 3.49. The lowest BCUT2D eigenvalue weighted by molar-refractivity contribution is -0.138. The monoisotopic (exact) mass is 219 g/mol. The van der Waals surface area contributed by atoms with E-state index in [0.29, 0.717) is 12.5 Å². The van der Waals surface area contributed by atoms with Crippen LogP contribution in [-0.4, -0.2) is 17.6 Å². The second-order valence-corrected chi connectivity index (χ2v) is 4.44. The molecule has 2 atom stereocenters. The Morgan fingerprint density at radius 1 is 1.50 bits per heavy atom. The summed E-state index contributed by atoms with van der Waals surface area (Å²) in [5.41, 5.74) is 8.36. The fourth-order valence-corrected chi connectivity index (χ4v) is 2.69. The molecule has 0 heterocycles. The van der Waals surface area contributed by atoms with Crippen molar-refractivity contribution in [3.63, 3.8) is 0 Å². The van der Waals surface area contributed by atoms with Crippen molar-refractivity contribution in [3.8, 4) is 0 Å². The fraction of sp³-hybridized carbons (Fsp3) is 0.462. The molecular weight excluding hydrogens is 202 g/mol. The summed E-state index contributed by atoms with van der Waals surface area (Å²) in [7, 11) is 0. The zero-order valence-corrected chi connectivity index (χ0v) is 9.23. The van der Waals surface area contributed by atoms with E-state index < -0.39 is 5.97 Å². The van der Waals surface area contributed by atoms with Crippen LogP contribution in [0.1, 0.15) is 29.9 Å². The van der Waals surface area contributed by atoms with Crippen LogP contribution in [0.15, 0.2) is 24.3 Å². The van der Waals surface area contributed by atoms with E-state index in [2.05, 4.69) is 12.1 Å². The molecule has 0 radical (unpaired) electrons. The lowest BCUT2D eigenvalue weighted by Crippen LogP contribution is -2.23. The quantitative estimate of drug-likeness (QED) is 0.811. The predicted molar refractivity (Wildman–Crippen MR) is 62.3 cm³/mol. The summed E-state index contributed by atoms with van der Waals surface area (Å²) in [4.78, 5) is 10.8. The molecule has 3 N–H and O–H groups in total. The van der Waals surface area contributed by atoms with Gasteiger partial charge in [-0.2, -0.15) is 0 Å². The van der Waals surface area contributed by atoms with Gasteiger partial charge in [-0.05, 0) is 42.3 Å². The Morgan fingerprint density at radius 2 is 2.25 bits per heavy atom. The van der Waals surface area contributed by atoms with Gasteiger partial charge in [0.15, 0.2) is 0 Å². The topological polar surface area (TPSA) is 63.3 Å². The standard InChI is InChI=1S/C13H17NO2/c14-8-10(7-13(15)16)12-6-5-9-3-1-2-4-11(9)12/h1-4,10,12H,5-8,14H2,(H,15,16). The lowest BCUT2D eigenvalue weighted by atomic mass is 9.85. The van der Waals surface area contributed by atoms with E-state index in [-0.39, 0.29) is 12.3 Å². The van der Waals surface area contributed by atoms with E-state index in [4.69, 9.17) is 10.8 Å². The first-order valence-electron chi connectivity index (χ1n) is 5.72. The van der Waals surface area contributed by atoms with Crippen molar-refractivity contribution >= 4 is 5.97 Å². The maximum absolute atomic E-state index is 10.8. The van der Waals surface area contributed by atoms with Gasteiger partial charge >= 0.3 is 5.97 Å². The van der Waals surface area contributed by atoms with Gasteiger partial charge in [0.2, 0.25) is 0 Å². The predicted octanol–water partition coefficient (Wildman–Crippen LogP) is 1.77. The van der Waals surface area contributed by atoms with E-state index in [9.17, 15) is 4.79 Å². The first kappa shape index (κ1) is 11.1. The number of carboxylic acid groups (broad SMARTS) is 1. The molecule has 0 saturated carbocycles. The summed E-state index contributed by atoms with van der Waals surface area (Å²) in [6, 6.07) is 8.29. The molecule has 0 spiro atoms. The molecule has 0 amide bonds. The maximum atomic E-state index is 10.8. The summed E-state index contributed by atoms with van der Waals surface area (Å²) >= 11 is 0. The number of benzene rings is 1. The minimum Gasteiger partial charge on any atom is -0.481 e. The van der Waals surface area contributed by atoms with Crippen molar-refractivity contribution in [2.45, 2.75) is 25.2 Å². The van der Waals surface area contributed by atoms with Crippen LogP contribution in [0.25, 0.3) is 0 Å². The number of hydrogen-bond donors (Lipinski definition) is 2. The Balaban J connectivity index is 2.19. The van der Waals surface area contributed by atoms with Crippen LogP contribution < -0.4 is 5.73 Å². The Hall–Kier alpha value is -1.35. The van der Waals surface area contributed by atoms with Gasteiger partial charge in [0.05, 0.1) is 0 Å². The molecule has 86 valence electrons. The van der Waals surface area contributed by atoms with Crippen LogP contribution in [0.5, 0.6) is 0 Å². The van der Waals surface area contributed by atoms with Crippen molar-refractivity contribution in [1.29, 1.82) is 0 Å². The van der Waals surface area contributed by atoms with Crippen LogP contribution in [0, 0.1) is 5.92 Å². The third-order valence-corrected chi connectivity index (χ3v) is 3.49. The zero-order valence-electron chi connectivity index (χ0n) is 9.23. The number of rotatable bonds is 4. The minimum absolute atomic E-state index is 0.0705. The normalized spacial score (nSPS) is 20.4. The molecule has 1 aromatic carbocycles. The molecule has 3 heteroatoms. The second-order valence-electron chi connectivity index (χ2n) is 4.44. The smallest absolute Gasteiger partial charge is 0.303 e. The molecule has 1 aromatic rings. The summed E-state index contributed by atoms with van der Waals surface area (Å²) in [5.74, 6) is -0.349. The van der Waals surface area contributed by atoms with Gasteiger partial charge in [0.1, 0.15) is 0 Å². The van der Waals surface area contributed by atoms with Crippen LogP contribution in [-0.2, 0) is 11.2 Å². The maximum Gasteiger partial charge on any atom is 0.303 e. The van der Waals surface area contributed by atoms with Gasteiger partial charge < -0.3 is 10.8 Å². The fourth-order valence-electron chi connectivity index (χ4n) is 2.69. The van der Waals surface area contributed by atoms with E-state index in [1.165, 1.54) is 11.1 Å². The number of aliphatic carboxylic acids is 1. The van der Waals surface area contributed by atoms with Crippen LogP contribution >= 0.6 is 0 Å². The summed E-state index contributed by atoms with van der Waals surface area (Å²) in [6.45, 7) is 0.450. The Kier molecular flexibility index (Phi) is 3.25. The van der Waals surface area contributed by atoms with Gasteiger partial charge in [-0.1, -0.05) is 24.3 Å². The number of aryl methyl sites for hydroxylation is 1. The van der Waals surface area contributed by atoms with Crippen molar-refractivity contribution in [1.82, 2.24) is 0 Å². The molecule has 0 saturated heterocycles. The van der Waals surface area contributed by atoms with Crippen molar-refractivity contribution in [2.75, 3.05) is 6.54 Å². The van der Waals surface area contributed by atoms with E-state index >= 15 is 0 Å². The first-order chi connectivity index (χ1) is 7.72. The Labute approximate surface area is 95.3 Å². The lowest BCUT2D eigenvalue weighted by Gasteiger charge is -2.21. The van der Waals surface area contributed by atoms with Crippen LogP contribution in [0.3, 0.4) is 0 Å². The van der Waals surface area contributed by atoms with Crippen molar-refractivity contribution < 1.29 is 9.90 Å². The molecule has 2 rings (SSSR count). The first-order valence-corrected chi connectivity index (χ1v) is 5.72. The number of fused-ring (bicyclic) bond motifs is 1. The molecule has 0 aliphatic heterocycles. The van der Waals surface area contributed by atoms with Gasteiger partial charge in [-0.25, -0.2) is 0 Å². The van der Waals surface area contributed by atoms with E-state index in [0.717, 1.165) is 12.8 Å². The largest absolute Gasteiger partial charge is 0.481 e. The Morgan fingerprint density at radius 3 is 2.94 bits per heavy atom. The molecule has 0 bridgehead atoms. The summed E-state index contributed by atoms with van der Waals surface area (Å²) in [5, 5.41) is 8.87. The molecule has 1 aliphatic carbocycles. The summed E-state index contributed by atoms with van der Waals surface area (Å²) < 4.78 is 0. The molecule has 16 heavy (non-hydrogen) atoms. The average molecular weight is 219 g/mol. The molecule has 0 aromatic heterocycles. The Bertz CT molecular complexity index is 389. The van der Waals surface area contributed by atoms with Gasteiger partial charge in [-0.15, -0.1) is 0 Å². The SMILES string of the molecule is NCC(CC(=O)O)C1CCc2ccccc21. The van der Waals surface area contributed by atoms with Crippen LogP contribution in [0.4, 0.5) is 0 Å². The third kappa shape index (κ3) is 2.09. The van der Waals surface area contributed by atoms with E-state index in [1.807, 2.05) is 12.1 Å². The van der Waals surface area contributed by atoms with E-state index in [1.54, 1.807) is 0 Å². The molecule has 0 fully saturated rings. The molecular formula is C13H17NO2. The van der Waals surface area contributed by atoms with Crippen molar-refractivity contribution in [3.05, 3.63) is 35.4 Å². The second kappa shape index (κ2) is 4.66. The van der Waals surface area contributed by atoms with Crippen LogP contribution in [0.2, 0.25) is 0 Å². The number of carboxylic acids is 1. The highest BCUT2D eigenvalue weighted by Crippen LogP contribution is 2.39.